The first-order valence-electron chi connectivity index (χ1n) is 9.67. The van der Waals surface area contributed by atoms with Gasteiger partial charge in [-0.25, -0.2) is 9.79 Å². The van der Waals surface area contributed by atoms with Crippen LogP contribution in [-0.4, -0.2) is 50.6 Å². The molecule has 30 heavy (non-hydrogen) atoms. The zero-order valence-electron chi connectivity index (χ0n) is 17.1. The van der Waals surface area contributed by atoms with Gasteiger partial charge in [0.1, 0.15) is 11.9 Å². The van der Waals surface area contributed by atoms with Crippen LogP contribution in [-0.2, 0) is 19.1 Å². The van der Waals surface area contributed by atoms with Crippen molar-refractivity contribution in [3.63, 3.8) is 0 Å². The number of Topliss-reactive ketones (excluding diaryl/α,β-unsaturated/α-hetero) is 1. The highest BCUT2D eigenvalue weighted by atomic mass is 16.6. The molecule has 1 saturated carbocycles. The lowest BCUT2D eigenvalue weighted by Crippen LogP contribution is -2.55. The first-order chi connectivity index (χ1) is 14.5. The van der Waals surface area contributed by atoms with Crippen LogP contribution in [0.25, 0.3) is 0 Å². The topological polar surface area (TPSA) is 83.4 Å². The molecular formula is C23H23NO6. The molecule has 3 atom stereocenters. The number of ether oxygens (including phenoxy) is 4. The Morgan fingerprint density at radius 2 is 1.70 bits per heavy atom. The van der Waals surface area contributed by atoms with E-state index < -0.39 is 23.5 Å². The molecule has 4 rings (SSSR count). The molecule has 156 valence electrons. The Morgan fingerprint density at radius 3 is 2.37 bits per heavy atom. The number of nitrogens with zero attached hydrogens (tertiary/aromatic N) is 1. The second kappa shape index (κ2) is 7.91. The van der Waals surface area contributed by atoms with Crippen molar-refractivity contribution in [2.75, 3.05) is 21.3 Å². The van der Waals surface area contributed by atoms with E-state index in [9.17, 15) is 9.59 Å². The molecule has 0 bridgehead atoms. The summed E-state index contributed by atoms with van der Waals surface area (Å²) in [6.45, 7) is 0. The summed E-state index contributed by atoms with van der Waals surface area (Å²) in [5.41, 5.74) is 0.0752. The summed E-state index contributed by atoms with van der Waals surface area (Å²) in [4.78, 5) is 30.6. The lowest BCUT2D eigenvalue weighted by atomic mass is 9.67. The molecule has 1 heterocycles. The minimum absolute atomic E-state index is 0.00317. The number of methoxy groups -OCH3 is 3. The van der Waals surface area contributed by atoms with Crippen LogP contribution in [0.1, 0.15) is 29.9 Å². The summed E-state index contributed by atoms with van der Waals surface area (Å²) >= 11 is 0. The molecule has 0 saturated heterocycles. The summed E-state index contributed by atoms with van der Waals surface area (Å²) in [6.07, 6.45) is -0.484. The van der Waals surface area contributed by atoms with E-state index in [1.165, 1.54) is 14.2 Å². The average Bonchev–Trinajstić information content (AvgIpc) is 3.12. The van der Waals surface area contributed by atoms with Crippen molar-refractivity contribution in [1.82, 2.24) is 0 Å². The summed E-state index contributed by atoms with van der Waals surface area (Å²) in [5.74, 6) is 0.238. The molecule has 2 aromatic rings. The molecule has 7 heteroatoms. The number of hydrogen-bond donors (Lipinski definition) is 0. The molecule has 0 radical (unpaired) electrons. The predicted octanol–water partition coefficient (Wildman–Crippen LogP) is 2.91. The van der Waals surface area contributed by atoms with Gasteiger partial charge < -0.3 is 18.9 Å². The Hall–Kier alpha value is -3.19. The van der Waals surface area contributed by atoms with Gasteiger partial charge in [0.05, 0.1) is 14.2 Å². The maximum Gasteiger partial charge on any atom is 0.344 e. The van der Waals surface area contributed by atoms with Gasteiger partial charge in [0.15, 0.2) is 17.0 Å². The fourth-order valence-corrected chi connectivity index (χ4v) is 4.29. The molecule has 7 nitrogen and oxygen atoms in total. The van der Waals surface area contributed by atoms with Gasteiger partial charge in [-0.3, -0.25) is 4.79 Å². The normalized spacial score (nSPS) is 25.8. The van der Waals surface area contributed by atoms with Gasteiger partial charge in [0, 0.05) is 31.4 Å². The van der Waals surface area contributed by atoms with E-state index in [1.54, 1.807) is 19.2 Å². The van der Waals surface area contributed by atoms with Crippen LogP contribution in [0, 0.1) is 0 Å². The number of hydrogen-bond acceptors (Lipinski definition) is 7. The van der Waals surface area contributed by atoms with E-state index in [1.807, 2.05) is 36.4 Å². The quantitative estimate of drug-likeness (QED) is 0.706. The standard InChI is InChI=1S/C23H23NO6/c1-27-18-10-9-15(11-19(18)28-2)17-12-16(25)13-20(29-3)23(17)22(26)30-21(24-23)14-7-5-4-6-8-14/h4-11,17,20H,12-13H2,1-3H3/t17-,20?,23+/m1/s1. The van der Waals surface area contributed by atoms with Crippen molar-refractivity contribution >= 4 is 17.7 Å². The number of esters is 1. The van der Waals surface area contributed by atoms with Crippen molar-refractivity contribution in [3.05, 3.63) is 59.7 Å². The Balaban J connectivity index is 1.87. The highest BCUT2D eigenvalue weighted by Crippen LogP contribution is 2.48. The third-order valence-electron chi connectivity index (χ3n) is 5.79. The van der Waals surface area contributed by atoms with Crippen LogP contribution in [0.3, 0.4) is 0 Å². The number of carbonyl (C=O) groups is 2. The summed E-state index contributed by atoms with van der Waals surface area (Å²) in [5, 5.41) is 0. The first-order valence-corrected chi connectivity index (χ1v) is 9.67. The second-order valence-corrected chi connectivity index (χ2v) is 7.34. The maximum atomic E-state index is 13.3. The van der Waals surface area contributed by atoms with Crippen LogP contribution < -0.4 is 9.47 Å². The lowest BCUT2D eigenvalue weighted by Gasteiger charge is -2.40. The summed E-state index contributed by atoms with van der Waals surface area (Å²) in [6, 6.07) is 14.6. The largest absolute Gasteiger partial charge is 0.493 e. The van der Waals surface area contributed by atoms with E-state index in [4.69, 9.17) is 23.9 Å². The Kier molecular flexibility index (Phi) is 5.30. The van der Waals surface area contributed by atoms with Crippen molar-refractivity contribution in [3.8, 4) is 11.5 Å². The molecule has 2 aromatic carbocycles. The fraction of sp³-hybridized carbons (Fsp3) is 0.348. The van der Waals surface area contributed by atoms with Crippen LogP contribution in [0.15, 0.2) is 53.5 Å². The summed E-state index contributed by atoms with van der Waals surface area (Å²) in [7, 11) is 4.58. The molecule has 0 aromatic heterocycles. The zero-order valence-corrected chi connectivity index (χ0v) is 17.1. The highest BCUT2D eigenvalue weighted by molar-refractivity contribution is 6.09. The third-order valence-corrected chi connectivity index (χ3v) is 5.79. The lowest BCUT2D eigenvalue weighted by molar-refractivity contribution is -0.149. The van der Waals surface area contributed by atoms with Crippen LogP contribution >= 0.6 is 0 Å². The molecule has 1 aliphatic heterocycles. The number of aliphatic imine (C=N–C) groups is 1. The van der Waals surface area contributed by atoms with Gasteiger partial charge in [-0.2, -0.15) is 0 Å². The number of ketones is 1. The van der Waals surface area contributed by atoms with Crippen molar-refractivity contribution in [1.29, 1.82) is 0 Å². The number of carbonyl (C=O) groups excluding carboxylic acids is 2. The number of rotatable bonds is 5. The second-order valence-electron chi connectivity index (χ2n) is 7.34. The van der Waals surface area contributed by atoms with Crippen LogP contribution in [0.2, 0.25) is 0 Å². The molecule has 2 aliphatic rings. The smallest absolute Gasteiger partial charge is 0.344 e. The Morgan fingerprint density at radius 1 is 0.967 bits per heavy atom. The van der Waals surface area contributed by atoms with E-state index >= 15 is 0 Å². The maximum absolute atomic E-state index is 13.3. The minimum atomic E-state index is -1.35. The third kappa shape index (κ3) is 3.15. The number of benzene rings is 2. The molecule has 0 N–H and O–H groups in total. The van der Waals surface area contributed by atoms with Gasteiger partial charge in [0.2, 0.25) is 5.90 Å². The fourth-order valence-electron chi connectivity index (χ4n) is 4.29. The van der Waals surface area contributed by atoms with Crippen LogP contribution in [0.4, 0.5) is 0 Å². The van der Waals surface area contributed by atoms with Crippen molar-refractivity contribution in [2.24, 2.45) is 4.99 Å². The predicted molar refractivity (Wildman–Crippen MR) is 109 cm³/mol. The highest BCUT2D eigenvalue weighted by Gasteiger charge is 2.61. The monoisotopic (exact) mass is 409 g/mol. The van der Waals surface area contributed by atoms with E-state index in [0.717, 1.165) is 5.56 Å². The molecule has 1 spiro atoms. The van der Waals surface area contributed by atoms with Gasteiger partial charge in [-0.05, 0) is 29.8 Å². The van der Waals surface area contributed by atoms with E-state index in [0.29, 0.717) is 17.1 Å². The van der Waals surface area contributed by atoms with Crippen molar-refractivity contribution in [2.45, 2.75) is 30.4 Å². The molecular weight excluding hydrogens is 386 g/mol. The zero-order chi connectivity index (χ0) is 21.3. The van der Waals surface area contributed by atoms with Crippen LogP contribution in [0.5, 0.6) is 11.5 Å². The Bertz CT molecular complexity index is 1000. The molecule has 1 unspecified atom stereocenters. The van der Waals surface area contributed by atoms with E-state index in [2.05, 4.69) is 0 Å². The van der Waals surface area contributed by atoms with Gasteiger partial charge in [-0.1, -0.05) is 24.3 Å². The molecule has 1 aliphatic carbocycles. The average molecular weight is 409 g/mol. The molecule has 0 amide bonds. The Labute approximate surface area is 174 Å². The van der Waals surface area contributed by atoms with Crippen molar-refractivity contribution < 1.29 is 28.5 Å². The van der Waals surface area contributed by atoms with Gasteiger partial charge in [-0.15, -0.1) is 0 Å². The van der Waals surface area contributed by atoms with Gasteiger partial charge in [0.25, 0.3) is 0 Å². The SMILES string of the molecule is COc1ccc([C@H]2CC(=O)CC(OC)[C@@]23N=C(c2ccccc2)OC3=O)cc1OC. The minimum Gasteiger partial charge on any atom is -0.493 e. The van der Waals surface area contributed by atoms with Gasteiger partial charge >= 0.3 is 5.97 Å². The summed E-state index contributed by atoms with van der Waals surface area (Å²) < 4.78 is 22.0. The first kappa shape index (κ1) is 20.1. The molecule has 1 fully saturated rings. The van der Waals surface area contributed by atoms with E-state index in [-0.39, 0.29) is 24.5 Å². The number of cyclic esters (lactones) is 1.